The van der Waals surface area contributed by atoms with Gasteiger partial charge < -0.3 is 10.6 Å². The molecule has 0 aliphatic carbocycles. The number of aryl methyl sites for hydroxylation is 1. The average molecular weight is 249 g/mol. The summed E-state index contributed by atoms with van der Waals surface area (Å²) in [4.78, 5) is 13.4. The second-order valence-electron chi connectivity index (χ2n) is 5.09. The molecule has 1 unspecified atom stereocenters. The first-order valence-electron chi connectivity index (χ1n) is 6.66. The second kappa shape index (κ2) is 6.11. The molecule has 2 rings (SSSR count). The van der Waals surface area contributed by atoms with E-state index in [1.165, 1.54) is 0 Å². The quantitative estimate of drug-likeness (QED) is 0.842. The molecular weight excluding hydrogens is 226 g/mol. The van der Waals surface area contributed by atoms with Crippen LogP contribution >= 0.6 is 0 Å². The number of rotatable bonds is 4. The van der Waals surface area contributed by atoms with Crippen molar-refractivity contribution in [3.05, 3.63) is 18.1 Å². The maximum absolute atomic E-state index is 5.67. The Morgan fingerprint density at radius 3 is 2.67 bits per heavy atom. The van der Waals surface area contributed by atoms with Crippen LogP contribution in [0.3, 0.4) is 0 Å². The molecule has 1 aromatic rings. The van der Waals surface area contributed by atoms with E-state index in [2.05, 4.69) is 26.7 Å². The monoisotopic (exact) mass is 249 g/mol. The van der Waals surface area contributed by atoms with Crippen LogP contribution in [0.5, 0.6) is 0 Å². The summed E-state index contributed by atoms with van der Waals surface area (Å²) in [5.74, 6) is 2.47. The van der Waals surface area contributed by atoms with Crippen LogP contribution in [0.1, 0.15) is 12.7 Å². The van der Waals surface area contributed by atoms with Gasteiger partial charge in [-0.15, -0.1) is 0 Å². The van der Waals surface area contributed by atoms with Gasteiger partial charge in [0.2, 0.25) is 0 Å². The zero-order valence-electron chi connectivity index (χ0n) is 11.3. The van der Waals surface area contributed by atoms with E-state index < -0.39 is 0 Å². The lowest BCUT2D eigenvalue weighted by Crippen LogP contribution is -2.48. The van der Waals surface area contributed by atoms with Crippen LogP contribution in [0.25, 0.3) is 0 Å². The van der Waals surface area contributed by atoms with E-state index in [1.807, 2.05) is 19.2 Å². The number of nitrogens with two attached hydrogens (primary N) is 1. The molecule has 0 bridgehead atoms. The molecule has 1 aliphatic heterocycles. The summed E-state index contributed by atoms with van der Waals surface area (Å²) in [6, 6.07) is 1.99. The van der Waals surface area contributed by atoms with Crippen LogP contribution in [0.4, 0.5) is 5.82 Å². The van der Waals surface area contributed by atoms with Crippen LogP contribution in [0, 0.1) is 12.8 Å². The van der Waals surface area contributed by atoms with Crippen LogP contribution in [-0.4, -0.2) is 54.1 Å². The van der Waals surface area contributed by atoms with Gasteiger partial charge in [0.15, 0.2) is 0 Å². The fraction of sp³-hybridized carbons (Fsp3) is 0.692. The zero-order chi connectivity index (χ0) is 13.0. The molecule has 18 heavy (non-hydrogen) atoms. The average Bonchev–Trinajstić information content (AvgIpc) is 2.39. The summed E-state index contributed by atoms with van der Waals surface area (Å²) in [5.41, 5.74) is 5.67. The highest BCUT2D eigenvalue weighted by Gasteiger charge is 2.19. The molecule has 5 nitrogen and oxygen atoms in total. The normalized spacial score (nSPS) is 18.9. The van der Waals surface area contributed by atoms with Crippen molar-refractivity contribution >= 4 is 5.82 Å². The molecule has 100 valence electrons. The van der Waals surface area contributed by atoms with Crippen molar-refractivity contribution in [2.24, 2.45) is 11.7 Å². The first-order chi connectivity index (χ1) is 8.69. The third kappa shape index (κ3) is 3.40. The smallest absolute Gasteiger partial charge is 0.132 e. The van der Waals surface area contributed by atoms with Gasteiger partial charge in [-0.2, -0.15) is 0 Å². The third-order valence-electron chi connectivity index (χ3n) is 3.43. The van der Waals surface area contributed by atoms with Crippen molar-refractivity contribution < 1.29 is 0 Å². The molecule has 1 atom stereocenters. The van der Waals surface area contributed by atoms with E-state index in [0.717, 1.165) is 50.9 Å². The summed E-state index contributed by atoms with van der Waals surface area (Å²) in [6.07, 6.45) is 1.83. The largest absolute Gasteiger partial charge is 0.354 e. The van der Waals surface area contributed by atoms with Gasteiger partial charge in [0.25, 0.3) is 0 Å². The van der Waals surface area contributed by atoms with Gasteiger partial charge in [0.1, 0.15) is 11.6 Å². The first-order valence-corrected chi connectivity index (χ1v) is 6.66. The lowest BCUT2D eigenvalue weighted by molar-refractivity contribution is 0.226. The van der Waals surface area contributed by atoms with Gasteiger partial charge in [-0.3, -0.25) is 4.90 Å². The van der Waals surface area contributed by atoms with Crippen LogP contribution < -0.4 is 10.6 Å². The molecule has 2 heterocycles. The number of hydrogen-bond acceptors (Lipinski definition) is 5. The predicted octanol–water partition coefficient (Wildman–Crippen LogP) is 0.502. The Morgan fingerprint density at radius 1 is 1.33 bits per heavy atom. The molecule has 0 amide bonds. The van der Waals surface area contributed by atoms with Crippen molar-refractivity contribution in [1.82, 2.24) is 14.9 Å². The Hall–Kier alpha value is -1.20. The van der Waals surface area contributed by atoms with Gasteiger partial charge >= 0.3 is 0 Å². The predicted molar refractivity (Wildman–Crippen MR) is 73.6 cm³/mol. The van der Waals surface area contributed by atoms with Gasteiger partial charge in [0, 0.05) is 38.9 Å². The van der Waals surface area contributed by atoms with Gasteiger partial charge in [-0.1, -0.05) is 6.92 Å². The van der Waals surface area contributed by atoms with Crippen molar-refractivity contribution in [2.75, 3.05) is 44.2 Å². The minimum Gasteiger partial charge on any atom is -0.354 e. The summed E-state index contributed by atoms with van der Waals surface area (Å²) in [7, 11) is 0. The Kier molecular flexibility index (Phi) is 4.49. The third-order valence-corrected chi connectivity index (χ3v) is 3.43. The van der Waals surface area contributed by atoms with Gasteiger partial charge in [0.05, 0.1) is 0 Å². The zero-order valence-corrected chi connectivity index (χ0v) is 11.3. The molecule has 0 saturated carbocycles. The van der Waals surface area contributed by atoms with E-state index >= 15 is 0 Å². The Labute approximate surface area is 109 Å². The van der Waals surface area contributed by atoms with E-state index in [0.29, 0.717) is 5.92 Å². The second-order valence-corrected chi connectivity index (χ2v) is 5.09. The molecule has 1 aliphatic rings. The van der Waals surface area contributed by atoms with Crippen LogP contribution in [0.15, 0.2) is 12.3 Å². The number of anilines is 1. The highest BCUT2D eigenvalue weighted by Crippen LogP contribution is 2.13. The molecule has 1 fully saturated rings. The van der Waals surface area contributed by atoms with Crippen molar-refractivity contribution in [1.29, 1.82) is 0 Å². The minimum absolute atomic E-state index is 0.581. The Morgan fingerprint density at radius 2 is 2.06 bits per heavy atom. The fourth-order valence-electron chi connectivity index (χ4n) is 2.29. The number of hydrogen-bond donors (Lipinski definition) is 1. The van der Waals surface area contributed by atoms with Crippen molar-refractivity contribution in [3.8, 4) is 0 Å². The lowest BCUT2D eigenvalue weighted by Gasteiger charge is -2.36. The number of piperazine rings is 1. The maximum Gasteiger partial charge on any atom is 0.132 e. The van der Waals surface area contributed by atoms with E-state index in [9.17, 15) is 0 Å². The van der Waals surface area contributed by atoms with E-state index in [4.69, 9.17) is 5.73 Å². The van der Waals surface area contributed by atoms with Gasteiger partial charge in [-0.05, 0) is 25.5 Å². The van der Waals surface area contributed by atoms with E-state index in [1.54, 1.807) is 0 Å². The Bertz CT molecular complexity index is 373. The summed E-state index contributed by atoms with van der Waals surface area (Å²) >= 11 is 0. The van der Waals surface area contributed by atoms with Crippen molar-refractivity contribution in [3.63, 3.8) is 0 Å². The highest BCUT2D eigenvalue weighted by molar-refractivity contribution is 5.37. The summed E-state index contributed by atoms with van der Waals surface area (Å²) in [6.45, 7) is 10.3. The fourth-order valence-corrected chi connectivity index (χ4v) is 2.29. The maximum atomic E-state index is 5.67. The SMILES string of the molecule is Cc1nccc(N2CCN(CC(C)CN)CC2)n1. The highest BCUT2D eigenvalue weighted by atomic mass is 15.3. The topological polar surface area (TPSA) is 58.3 Å². The minimum atomic E-state index is 0.581. The molecule has 5 heteroatoms. The molecule has 1 aromatic heterocycles. The number of nitrogens with zero attached hydrogens (tertiary/aromatic N) is 4. The molecule has 1 saturated heterocycles. The van der Waals surface area contributed by atoms with E-state index in [-0.39, 0.29) is 0 Å². The van der Waals surface area contributed by atoms with Crippen LogP contribution in [0.2, 0.25) is 0 Å². The first kappa shape index (κ1) is 13.2. The molecule has 0 aromatic carbocycles. The molecule has 0 radical (unpaired) electrons. The van der Waals surface area contributed by atoms with Crippen molar-refractivity contribution in [2.45, 2.75) is 13.8 Å². The lowest BCUT2D eigenvalue weighted by atomic mass is 10.1. The molecule has 0 spiro atoms. The number of aromatic nitrogens is 2. The molecular formula is C13H23N5. The van der Waals surface area contributed by atoms with Gasteiger partial charge in [-0.25, -0.2) is 9.97 Å². The standard InChI is InChI=1S/C13H23N5/c1-11(9-14)10-17-5-7-18(8-6-17)13-3-4-15-12(2)16-13/h3-4,11H,5-10,14H2,1-2H3. The van der Waals surface area contributed by atoms with Crippen LogP contribution in [-0.2, 0) is 0 Å². The summed E-state index contributed by atoms with van der Waals surface area (Å²) in [5, 5.41) is 0. The Balaban J connectivity index is 1.87. The molecule has 2 N–H and O–H groups in total. The summed E-state index contributed by atoms with van der Waals surface area (Å²) < 4.78 is 0.